The van der Waals surface area contributed by atoms with E-state index in [9.17, 15) is 0 Å². The van der Waals surface area contributed by atoms with Crippen molar-refractivity contribution in [2.45, 2.75) is 19.8 Å². The Morgan fingerprint density at radius 1 is 1.27 bits per heavy atom. The first-order chi connectivity index (χ1) is 7.18. The molecule has 0 saturated carbocycles. The molecule has 0 aliphatic heterocycles. The topological polar surface area (TPSA) is 28.7 Å². The molecular formula is C12H13ClN2. The monoisotopic (exact) mass is 220 g/mol. The van der Waals surface area contributed by atoms with Crippen molar-refractivity contribution < 1.29 is 0 Å². The van der Waals surface area contributed by atoms with Crippen molar-refractivity contribution in [1.29, 1.82) is 0 Å². The highest BCUT2D eigenvalue weighted by atomic mass is 35.5. The molecule has 2 nitrogen and oxygen atoms in total. The van der Waals surface area contributed by atoms with Crippen molar-refractivity contribution in [3.8, 4) is 11.1 Å². The van der Waals surface area contributed by atoms with Crippen molar-refractivity contribution >= 4 is 11.6 Å². The van der Waals surface area contributed by atoms with Crippen molar-refractivity contribution in [1.82, 2.24) is 10.2 Å². The summed E-state index contributed by atoms with van der Waals surface area (Å²) in [7, 11) is 0. The third kappa shape index (κ3) is 2.05. The van der Waals surface area contributed by atoms with E-state index in [0.29, 0.717) is 5.92 Å². The van der Waals surface area contributed by atoms with E-state index in [1.807, 2.05) is 12.3 Å². The van der Waals surface area contributed by atoms with E-state index in [1.54, 1.807) is 6.20 Å². The average Bonchev–Trinajstić information content (AvgIpc) is 2.69. The molecule has 0 fully saturated rings. The lowest BCUT2D eigenvalue weighted by Crippen LogP contribution is -1.88. The Hall–Kier alpha value is -1.28. The summed E-state index contributed by atoms with van der Waals surface area (Å²) in [5.41, 5.74) is 3.34. The van der Waals surface area contributed by atoms with E-state index in [4.69, 9.17) is 11.6 Å². The van der Waals surface area contributed by atoms with Crippen LogP contribution in [-0.2, 0) is 0 Å². The highest BCUT2D eigenvalue weighted by molar-refractivity contribution is 6.31. The maximum absolute atomic E-state index is 6.21. The van der Waals surface area contributed by atoms with E-state index < -0.39 is 0 Å². The second-order valence-electron chi connectivity index (χ2n) is 3.88. The minimum Gasteiger partial charge on any atom is -0.285 e. The minimum absolute atomic E-state index is 0.455. The zero-order valence-electron chi connectivity index (χ0n) is 8.79. The van der Waals surface area contributed by atoms with Gasteiger partial charge in [-0.2, -0.15) is 5.10 Å². The lowest BCUT2D eigenvalue weighted by Gasteiger charge is -2.09. The summed E-state index contributed by atoms with van der Waals surface area (Å²) in [5.74, 6) is 0.455. The number of rotatable bonds is 2. The summed E-state index contributed by atoms with van der Waals surface area (Å²) in [4.78, 5) is 0. The van der Waals surface area contributed by atoms with Gasteiger partial charge in [-0.3, -0.25) is 5.10 Å². The van der Waals surface area contributed by atoms with Gasteiger partial charge in [-0.15, -0.1) is 0 Å². The van der Waals surface area contributed by atoms with Gasteiger partial charge in [0.15, 0.2) is 0 Å². The van der Waals surface area contributed by atoms with Gasteiger partial charge >= 0.3 is 0 Å². The van der Waals surface area contributed by atoms with Crippen LogP contribution in [0.5, 0.6) is 0 Å². The Balaban J connectivity index is 2.42. The van der Waals surface area contributed by atoms with Gasteiger partial charge in [-0.1, -0.05) is 37.6 Å². The smallest absolute Gasteiger partial charge is 0.0565 e. The maximum atomic E-state index is 6.21. The fraction of sp³-hybridized carbons (Fsp3) is 0.250. The molecule has 78 valence electrons. The van der Waals surface area contributed by atoms with Crippen LogP contribution in [0.1, 0.15) is 25.3 Å². The van der Waals surface area contributed by atoms with Gasteiger partial charge < -0.3 is 0 Å². The van der Waals surface area contributed by atoms with Crippen molar-refractivity contribution in [2.75, 3.05) is 0 Å². The lowest BCUT2D eigenvalue weighted by molar-refractivity contribution is 0.867. The molecule has 1 aromatic heterocycles. The second kappa shape index (κ2) is 4.07. The van der Waals surface area contributed by atoms with E-state index in [1.165, 1.54) is 5.56 Å². The number of hydrogen-bond donors (Lipinski definition) is 1. The quantitative estimate of drug-likeness (QED) is 0.818. The van der Waals surface area contributed by atoms with Gasteiger partial charge in [0, 0.05) is 16.8 Å². The third-order valence-electron chi connectivity index (χ3n) is 2.45. The zero-order valence-corrected chi connectivity index (χ0v) is 9.55. The number of hydrogen-bond acceptors (Lipinski definition) is 1. The highest BCUT2D eigenvalue weighted by Crippen LogP contribution is 2.29. The average molecular weight is 221 g/mol. The molecule has 15 heavy (non-hydrogen) atoms. The molecule has 0 radical (unpaired) electrons. The number of nitrogens with one attached hydrogen (secondary N) is 1. The van der Waals surface area contributed by atoms with E-state index in [0.717, 1.165) is 16.1 Å². The van der Waals surface area contributed by atoms with E-state index in [2.05, 4.69) is 36.2 Å². The van der Waals surface area contributed by atoms with Crippen molar-refractivity contribution in [2.24, 2.45) is 0 Å². The molecular weight excluding hydrogens is 208 g/mol. The van der Waals surface area contributed by atoms with Crippen LogP contribution in [0.3, 0.4) is 0 Å². The van der Waals surface area contributed by atoms with Gasteiger partial charge in [-0.25, -0.2) is 0 Å². The minimum atomic E-state index is 0.455. The number of H-pyrrole nitrogens is 1. The third-order valence-corrected chi connectivity index (χ3v) is 2.78. The normalized spacial score (nSPS) is 10.9. The first-order valence-electron chi connectivity index (χ1n) is 4.97. The number of halogens is 1. The maximum Gasteiger partial charge on any atom is 0.0565 e. The molecule has 2 aromatic rings. The molecule has 0 atom stereocenters. The number of nitrogens with zero attached hydrogens (tertiary/aromatic N) is 1. The highest BCUT2D eigenvalue weighted by Gasteiger charge is 2.06. The van der Waals surface area contributed by atoms with Crippen molar-refractivity contribution in [3.63, 3.8) is 0 Å². The molecule has 2 rings (SSSR count). The summed E-state index contributed by atoms with van der Waals surface area (Å²) in [5, 5.41) is 7.53. The van der Waals surface area contributed by atoms with Crippen LogP contribution in [0, 0.1) is 0 Å². The van der Waals surface area contributed by atoms with E-state index in [-0.39, 0.29) is 0 Å². The molecule has 0 amide bonds. The first-order valence-corrected chi connectivity index (χ1v) is 5.35. The molecule has 1 aromatic carbocycles. The number of aromatic nitrogens is 2. The molecule has 3 heteroatoms. The number of aromatic amines is 1. The van der Waals surface area contributed by atoms with Crippen LogP contribution in [0.4, 0.5) is 0 Å². The molecule has 0 bridgehead atoms. The van der Waals surface area contributed by atoms with Gasteiger partial charge in [-0.05, 0) is 23.1 Å². The lowest BCUT2D eigenvalue weighted by atomic mass is 10.00. The van der Waals surface area contributed by atoms with Gasteiger partial charge in [0.05, 0.1) is 6.20 Å². The fourth-order valence-corrected chi connectivity index (χ4v) is 1.98. The van der Waals surface area contributed by atoms with Crippen LogP contribution in [-0.4, -0.2) is 10.2 Å². The molecule has 1 N–H and O–H groups in total. The van der Waals surface area contributed by atoms with E-state index >= 15 is 0 Å². The van der Waals surface area contributed by atoms with Gasteiger partial charge in [0.25, 0.3) is 0 Å². The second-order valence-corrected chi connectivity index (χ2v) is 4.29. The summed E-state index contributed by atoms with van der Waals surface area (Å²) < 4.78 is 0. The van der Waals surface area contributed by atoms with Gasteiger partial charge in [0.2, 0.25) is 0 Å². The Kier molecular flexibility index (Phi) is 2.78. The summed E-state index contributed by atoms with van der Waals surface area (Å²) in [6.07, 6.45) is 3.65. The zero-order chi connectivity index (χ0) is 10.8. The van der Waals surface area contributed by atoms with Crippen LogP contribution >= 0.6 is 11.6 Å². The molecule has 0 spiro atoms. The first kappa shape index (κ1) is 10.2. The Labute approximate surface area is 94.3 Å². The predicted octanol–water partition coefficient (Wildman–Crippen LogP) is 3.85. The molecule has 0 saturated heterocycles. The molecule has 0 aliphatic rings. The largest absolute Gasteiger partial charge is 0.285 e. The fourth-order valence-electron chi connectivity index (χ4n) is 1.58. The Bertz CT molecular complexity index is 447. The van der Waals surface area contributed by atoms with Crippen LogP contribution in [0.15, 0.2) is 30.6 Å². The van der Waals surface area contributed by atoms with Gasteiger partial charge in [0.1, 0.15) is 0 Å². The molecule has 0 unspecified atom stereocenters. The summed E-state index contributed by atoms with van der Waals surface area (Å²) >= 11 is 6.21. The van der Waals surface area contributed by atoms with Crippen LogP contribution in [0.2, 0.25) is 5.02 Å². The molecule has 0 aliphatic carbocycles. The van der Waals surface area contributed by atoms with Crippen LogP contribution in [0.25, 0.3) is 11.1 Å². The van der Waals surface area contributed by atoms with Crippen molar-refractivity contribution in [3.05, 3.63) is 41.2 Å². The molecule has 1 heterocycles. The Morgan fingerprint density at radius 2 is 2.07 bits per heavy atom. The summed E-state index contributed by atoms with van der Waals surface area (Å²) in [6, 6.07) is 6.14. The summed E-state index contributed by atoms with van der Waals surface area (Å²) in [6.45, 7) is 4.28. The SMILES string of the molecule is CC(C)c1ccc(-c2cn[nH]c2)cc1Cl. The van der Waals surface area contributed by atoms with Crippen LogP contribution < -0.4 is 0 Å². The standard InChI is InChI=1S/C12H13ClN2/c1-8(2)11-4-3-9(5-12(11)13)10-6-14-15-7-10/h3-8H,1-2H3,(H,14,15). The predicted molar refractivity (Wildman–Crippen MR) is 63.1 cm³/mol. The Morgan fingerprint density at radius 3 is 2.60 bits per heavy atom. The number of benzene rings is 1.